The molecule has 0 fully saturated rings. The molecule has 8 heteroatoms. The van der Waals surface area contributed by atoms with Gasteiger partial charge in [-0.1, -0.05) is 36.0 Å². The van der Waals surface area contributed by atoms with Crippen LogP contribution in [0.4, 0.5) is 5.69 Å². The zero-order valence-electron chi connectivity index (χ0n) is 13.9. The Morgan fingerprint density at radius 2 is 1.92 bits per heavy atom. The van der Waals surface area contributed by atoms with Crippen molar-refractivity contribution in [2.75, 3.05) is 23.9 Å². The molecule has 0 bridgehead atoms. The number of ether oxygens (including phenoxy) is 1. The fraction of sp³-hybridized carbons (Fsp3) is 0.167. The predicted octanol–water partition coefficient (Wildman–Crippen LogP) is 4.29. The summed E-state index contributed by atoms with van der Waals surface area (Å²) >= 11 is 4.38. The van der Waals surface area contributed by atoms with Crippen molar-refractivity contribution < 1.29 is 14.3 Å². The topological polar surface area (TPSA) is 68.3 Å². The number of para-hydroxylation sites is 2. The normalized spacial score (nSPS) is 10.7. The number of esters is 1. The zero-order valence-corrected chi connectivity index (χ0v) is 16.4. The number of amides is 1. The summed E-state index contributed by atoms with van der Waals surface area (Å²) in [6.07, 6.45) is 1.93. The molecule has 134 valence electrons. The molecule has 1 heterocycles. The van der Waals surface area contributed by atoms with Crippen LogP contribution in [0.3, 0.4) is 0 Å². The minimum absolute atomic E-state index is 0.120. The Balaban J connectivity index is 1.45. The number of hydrogen-bond donors (Lipinski definition) is 1. The summed E-state index contributed by atoms with van der Waals surface area (Å²) in [6, 6.07) is 15.3. The summed E-state index contributed by atoms with van der Waals surface area (Å²) in [7, 11) is 0. The number of thioether (sulfide) groups is 2. The second kappa shape index (κ2) is 9.07. The van der Waals surface area contributed by atoms with E-state index in [0.29, 0.717) is 5.69 Å². The van der Waals surface area contributed by atoms with E-state index in [1.165, 1.54) is 34.9 Å². The highest BCUT2D eigenvalue weighted by Gasteiger charge is 2.12. The zero-order chi connectivity index (χ0) is 18.4. The number of carbonyl (C=O) groups is 2. The standard InChI is InChI=1S/C18H16N2O3S3/c1-24-14-8-4-2-6-12(14)19-16(21)10-23-17(22)11-25-18-20-13-7-3-5-9-15(13)26-18/h2-9H,10-11H2,1H3,(H,19,21). The van der Waals surface area contributed by atoms with Gasteiger partial charge in [-0.05, 0) is 30.5 Å². The maximum absolute atomic E-state index is 12.0. The van der Waals surface area contributed by atoms with Crippen LogP contribution in [0.1, 0.15) is 0 Å². The second-order valence-electron chi connectivity index (χ2n) is 5.15. The lowest BCUT2D eigenvalue weighted by atomic mass is 10.3. The van der Waals surface area contributed by atoms with Gasteiger partial charge in [0.25, 0.3) is 5.91 Å². The fourth-order valence-electron chi connectivity index (χ4n) is 2.16. The van der Waals surface area contributed by atoms with Crippen LogP contribution in [0, 0.1) is 0 Å². The van der Waals surface area contributed by atoms with Crippen LogP contribution in [-0.2, 0) is 14.3 Å². The van der Waals surface area contributed by atoms with Crippen LogP contribution in [0.25, 0.3) is 10.2 Å². The van der Waals surface area contributed by atoms with Gasteiger partial charge in [0.05, 0.1) is 21.7 Å². The first-order valence-corrected chi connectivity index (χ1v) is 10.8. The van der Waals surface area contributed by atoms with E-state index in [2.05, 4.69) is 10.3 Å². The van der Waals surface area contributed by atoms with Gasteiger partial charge in [0.1, 0.15) is 0 Å². The first-order chi connectivity index (χ1) is 12.7. The molecule has 0 atom stereocenters. The largest absolute Gasteiger partial charge is 0.455 e. The average Bonchev–Trinajstić information content (AvgIpc) is 3.08. The molecule has 26 heavy (non-hydrogen) atoms. The Bertz CT molecular complexity index is 894. The fourth-order valence-corrected chi connectivity index (χ4v) is 4.58. The molecule has 1 amide bonds. The highest BCUT2D eigenvalue weighted by atomic mass is 32.2. The molecule has 0 aliphatic heterocycles. The highest BCUT2D eigenvalue weighted by Crippen LogP contribution is 2.29. The molecule has 0 radical (unpaired) electrons. The number of thiazole rings is 1. The summed E-state index contributed by atoms with van der Waals surface area (Å²) < 4.78 is 6.93. The third-order valence-corrected chi connectivity index (χ3v) is 6.28. The van der Waals surface area contributed by atoms with Crippen LogP contribution >= 0.6 is 34.9 Å². The maximum atomic E-state index is 12.0. The van der Waals surface area contributed by atoms with E-state index in [-0.39, 0.29) is 18.3 Å². The van der Waals surface area contributed by atoms with E-state index in [1.54, 1.807) is 0 Å². The van der Waals surface area contributed by atoms with Crippen molar-refractivity contribution in [1.82, 2.24) is 4.98 Å². The molecule has 5 nitrogen and oxygen atoms in total. The van der Waals surface area contributed by atoms with Gasteiger partial charge in [0, 0.05) is 4.90 Å². The second-order valence-corrected chi connectivity index (χ2v) is 8.25. The van der Waals surface area contributed by atoms with Crippen LogP contribution in [0.5, 0.6) is 0 Å². The van der Waals surface area contributed by atoms with Gasteiger partial charge in [-0.15, -0.1) is 23.1 Å². The third kappa shape index (κ3) is 5.00. The maximum Gasteiger partial charge on any atom is 0.316 e. The minimum Gasteiger partial charge on any atom is -0.455 e. The van der Waals surface area contributed by atoms with Crippen LogP contribution in [0.15, 0.2) is 57.8 Å². The molecule has 0 aliphatic rings. The molecule has 2 aromatic carbocycles. The van der Waals surface area contributed by atoms with Crippen molar-refractivity contribution in [3.05, 3.63) is 48.5 Å². The Labute approximate surface area is 163 Å². The summed E-state index contributed by atoms with van der Waals surface area (Å²) in [6.45, 7) is -0.304. The van der Waals surface area contributed by atoms with Crippen molar-refractivity contribution in [2.24, 2.45) is 0 Å². The molecule has 3 rings (SSSR count). The smallest absolute Gasteiger partial charge is 0.316 e. The molecule has 1 N–H and O–H groups in total. The van der Waals surface area contributed by atoms with E-state index in [0.717, 1.165) is 19.5 Å². The third-order valence-electron chi connectivity index (χ3n) is 3.33. The van der Waals surface area contributed by atoms with Crippen LogP contribution < -0.4 is 5.32 Å². The number of hydrogen-bond acceptors (Lipinski definition) is 7. The molecule has 0 aliphatic carbocycles. The van der Waals surface area contributed by atoms with E-state index in [1.807, 2.05) is 54.8 Å². The minimum atomic E-state index is -0.442. The van der Waals surface area contributed by atoms with E-state index in [9.17, 15) is 9.59 Å². The lowest BCUT2D eigenvalue weighted by molar-refractivity contribution is -0.144. The molecule has 0 spiro atoms. The number of benzene rings is 2. The number of anilines is 1. The first kappa shape index (κ1) is 18.8. The Kier molecular flexibility index (Phi) is 6.54. The quantitative estimate of drug-likeness (QED) is 0.468. The Morgan fingerprint density at radius 1 is 1.15 bits per heavy atom. The van der Waals surface area contributed by atoms with Crippen molar-refractivity contribution in [3.63, 3.8) is 0 Å². The van der Waals surface area contributed by atoms with Gasteiger partial charge >= 0.3 is 5.97 Å². The van der Waals surface area contributed by atoms with Gasteiger partial charge < -0.3 is 10.1 Å². The van der Waals surface area contributed by atoms with Crippen molar-refractivity contribution in [2.45, 2.75) is 9.24 Å². The molecular formula is C18H16N2O3S3. The van der Waals surface area contributed by atoms with E-state index in [4.69, 9.17) is 4.74 Å². The van der Waals surface area contributed by atoms with E-state index < -0.39 is 5.97 Å². The Morgan fingerprint density at radius 3 is 2.73 bits per heavy atom. The first-order valence-electron chi connectivity index (χ1n) is 7.72. The van der Waals surface area contributed by atoms with Gasteiger partial charge in [-0.2, -0.15) is 0 Å². The number of nitrogens with zero attached hydrogens (tertiary/aromatic N) is 1. The predicted molar refractivity (Wildman–Crippen MR) is 108 cm³/mol. The summed E-state index contributed by atoms with van der Waals surface area (Å²) in [5.41, 5.74) is 1.63. The average molecular weight is 405 g/mol. The number of fused-ring (bicyclic) bond motifs is 1. The molecular weight excluding hydrogens is 388 g/mol. The summed E-state index contributed by atoms with van der Waals surface area (Å²) in [4.78, 5) is 29.2. The van der Waals surface area contributed by atoms with Gasteiger partial charge in [0.15, 0.2) is 10.9 Å². The van der Waals surface area contributed by atoms with Crippen LogP contribution in [0.2, 0.25) is 0 Å². The van der Waals surface area contributed by atoms with Gasteiger partial charge in [-0.3, -0.25) is 9.59 Å². The van der Waals surface area contributed by atoms with Gasteiger partial charge in [0.2, 0.25) is 0 Å². The number of rotatable bonds is 7. The van der Waals surface area contributed by atoms with Crippen molar-refractivity contribution >= 4 is 62.6 Å². The molecule has 0 unspecified atom stereocenters. The lowest BCUT2D eigenvalue weighted by Gasteiger charge is -2.09. The highest BCUT2D eigenvalue weighted by molar-refractivity contribution is 8.01. The number of aromatic nitrogens is 1. The molecule has 0 saturated carbocycles. The lowest BCUT2D eigenvalue weighted by Crippen LogP contribution is -2.21. The molecule has 3 aromatic rings. The molecule has 0 saturated heterocycles. The van der Waals surface area contributed by atoms with Gasteiger partial charge in [-0.25, -0.2) is 4.98 Å². The monoisotopic (exact) mass is 404 g/mol. The summed E-state index contributed by atoms with van der Waals surface area (Å²) in [5, 5.41) is 2.75. The van der Waals surface area contributed by atoms with Crippen LogP contribution in [-0.4, -0.2) is 35.5 Å². The molecule has 1 aromatic heterocycles. The van der Waals surface area contributed by atoms with E-state index >= 15 is 0 Å². The Hall–Kier alpha value is -2.03. The number of carbonyl (C=O) groups excluding carboxylic acids is 2. The summed E-state index contributed by atoms with van der Waals surface area (Å²) in [5.74, 6) is -0.679. The SMILES string of the molecule is CSc1ccccc1NC(=O)COC(=O)CSc1nc2ccccc2s1. The van der Waals surface area contributed by atoms with Crippen molar-refractivity contribution in [3.8, 4) is 0 Å². The number of nitrogens with one attached hydrogen (secondary N) is 1. The van der Waals surface area contributed by atoms with Crippen molar-refractivity contribution in [1.29, 1.82) is 0 Å².